The van der Waals surface area contributed by atoms with Gasteiger partial charge < -0.3 is 63.1 Å². The van der Waals surface area contributed by atoms with Crippen LogP contribution in [0.2, 0.25) is 0 Å². The van der Waals surface area contributed by atoms with Gasteiger partial charge in [-0.3, -0.25) is 10.2 Å². The van der Waals surface area contributed by atoms with E-state index in [9.17, 15) is 20.1 Å². The van der Waals surface area contributed by atoms with Gasteiger partial charge in [-0.1, -0.05) is 0 Å². The summed E-state index contributed by atoms with van der Waals surface area (Å²) >= 11 is 0. The number of hydrogen-bond acceptors (Lipinski definition) is 14. The van der Waals surface area contributed by atoms with Crippen LogP contribution in [0.3, 0.4) is 0 Å². The second kappa shape index (κ2) is 14.4. The van der Waals surface area contributed by atoms with E-state index in [1.807, 2.05) is 0 Å². The van der Waals surface area contributed by atoms with Gasteiger partial charge in [-0.2, -0.15) is 0 Å². The number of aromatic hydroxyl groups is 1. The molecule has 4 heterocycles. The van der Waals surface area contributed by atoms with E-state index in [2.05, 4.69) is 7.85 Å². The van der Waals surface area contributed by atoms with Crippen LogP contribution in [0.4, 0.5) is 0 Å². The molecule has 2 aromatic carbocycles. The summed E-state index contributed by atoms with van der Waals surface area (Å²) in [5.74, 6) is -1.86. The summed E-state index contributed by atoms with van der Waals surface area (Å²) in [6.07, 6.45) is -6.80. The van der Waals surface area contributed by atoms with Crippen molar-refractivity contribution < 1.29 is 101 Å². The van der Waals surface area contributed by atoms with Crippen LogP contribution in [-0.4, -0.2) is 111 Å². The van der Waals surface area contributed by atoms with Gasteiger partial charge in [0.1, 0.15) is 30.2 Å². The van der Waals surface area contributed by atoms with Crippen LogP contribution < -0.4 is 18.9 Å². The third-order valence-corrected chi connectivity index (χ3v) is 8.75. The average Bonchev–Trinajstić information content (AvgIpc) is 3.65. The fourth-order valence-electron chi connectivity index (χ4n) is 6.74. The zero-order chi connectivity index (χ0) is 32.9. The molecule has 249 valence electrons. The molecule has 3 saturated heterocycles. The second-order valence-corrected chi connectivity index (χ2v) is 11.4. The molecule has 0 bridgehead atoms. The Bertz CT molecular complexity index is 1470. The SMILES string of the molecule is COc1cc([C@@H]2c3cc4c(cc3[C@@H](OC3O[C@@H]5CO[C@@H](C)O[C@H]5[C@H](O)[C@H]3O)[C@H]3COC(=O)[C@H]23)OCO4)cc(OC)c1O.[B]C(=N)O.[Y]. The van der Waals surface area contributed by atoms with Gasteiger partial charge in [0.15, 0.2) is 43.4 Å². The number of methoxy groups -OCH3 is 2. The van der Waals surface area contributed by atoms with Gasteiger partial charge in [0.05, 0.1) is 39.5 Å². The van der Waals surface area contributed by atoms with Crippen molar-refractivity contribution in [3.8, 4) is 28.7 Å². The number of fused-ring (bicyclic) bond motifs is 4. The van der Waals surface area contributed by atoms with Crippen molar-refractivity contribution in [2.45, 2.75) is 55.9 Å². The molecular weight excluding hydrogens is 698 g/mol. The van der Waals surface area contributed by atoms with Gasteiger partial charge in [0.25, 0.3) is 0 Å². The van der Waals surface area contributed by atoms with E-state index in [0.717, 1.165) is 0 Å². The largest absolute Gasteiger partial charge is 0.507 e. The Hall–Kier alpha value is -2.69. The zero-order valence-corrected chi connectivity index (χ0v) is 28.6. The van der Waals surface area contributed by atoms with Crippen LogP contribution >= 0.6 is 0 Å². The quantitative estimate of drug-likeness (QED) is 0.126. The molecular formula is C30H34BNO14Y. The van der Waals surface area contributed by atoms with Gasteiger partial charge in [-0.05, 0) is 47.9 Å². The summed E-state index contributed by atoms with van der Waals surface area (Å²) in [5.41, 5.74) is 2.01. The molecule has 2 aromatic rings. The number of phenolic OH excluding ortho intramolecular Hbond substituents is 1. The Kier molecular flexibility index (Phi) is 10.9. The Balaban J connectivity index is 0.000000822. The zero-order valence-electron chi connectivity index (χ0n) is 25.7. The summed E-state index contributed by atoms with van der Waals surface area (Å²) in [5, 5.41) is 45.8. The number of carbonyl (C=O) groups excluding carboxylic acids is 1. The molecule has 7 rings (SSSR count). The summed E-state index contributed by atoms with van der Waals surface area (Å²) in [6.45, 7) is 1.93. The van der Waals surface area contributed by atoms with Crippen LogP contribution in [-0.2, 0) is 61.2 Å². The minimum absolute atomic E-state index is 0. The third kappa shape index (κ3) is 6.66. The molecule has 0 aromatic heterocycles. The van der Waals surface area contributed by atoms with E-state index in [0.29, 0.717) is 28.2 Å². The minimum atomic E-state index is -1.44. The smallest absolute Gasteiger partial charge is 0.310 e. The number of rotatable bonds is 5. The van der Waals surface area contributed by atoms with E-state index in [-0.39, 0.29) is 70.0 Å². The number of aliphatic hydroxyl groups excluding tert-OH is 3. The number of benzene rings is 2. The van der Waals surface area contributed by atoms with Crippen molar-refractivity contribution in [3.05, 3.63) is 41.0 Å². The summed E-state index contributed by atoms with van der Waals surface area (Å²) in [4.78, 5) is 13.4. The topological polar surface area (TPSA) is 205 Å². The normalized spacial score (nSPS) is 33.1. The molecule has 5 N–H and O–H groups in total. The first-order valence-electron chi connectivity index (χ1n) is 14.5. The molecule has 0 amide bonds. The van der Waals surface area contributed by atoms with E-state index >= 15 is 0 Å². The Morgan fingerprint density at radius 3 is 2.19 bits per heavy atom. The fraction of sp³-hybridized carbons (Fsp3) is 0.533. The van der Waals surface area contributed by atoms with Gasteiger partial charge in [0.2, 0.25) is 12.5 Å². The third-order valence-electron chi connectivity index (χ3n) is 8.75. The van der Waals surface area contributed by atoms with E-state index < -0.39 is 72.6 Å². The Labute approximate surface area is 296 Å². The molecule has 15 nitrogen and oxygen atoms in total. The maximum atomic E-state index is 13.4. The molecule has 1 aliphatic carbocycles. The molecule has 10 atom stereocenters. The second-order valence-electron chi connectivity index (χ2n) is 11.4. The van der Waals surface area contributed by atoms with Gasteiger partial charge in [0, 0.05) is 44.5 Å². The van der Waals surface area contributed by atoms with Crippen molar-refractivity contribution in [2.75, 3.05) is 34.2 Å². The van der Waals surface area contributed by atoms with Crippen LogP contribution in [0.1, 0.15) is 35.6 Å². The first-order chi connectivity index (χ1) is 22.0. The number of aliphatic hydroxyl groups is 3. The minimum Gasteiger partial charge on any atom is -0.507 e. The maximum Gasteiger partial charge on any atom is 0.310 e. The summed E-state index contributed by atoms with van der Waals surface area (Å²) in [7, 11) is 7.11. The van der Waals surface area contributed by atoms with Crippen LogP contribution in [0.25, 0.3) is 0 Å². The van der Waals surface area contributed by atoms with E-state index in [1.54, 1.807) is 31.2 Å². The number of hydrogen-bond donors (Lipinski definition) is 5. The molecule has 0 spiro atoms. The van der Waals surface area contributed by atoms with Gasteiger partial charge in [-0.25, -0.2) is 0 Å². The van der Waals surface area contributed by atoms with E-state index in [4.69, 9.17) is 53.1 Å². The van der Waals surface area contributed by atoms with Crippen LogP contribution in [0, 0.1) is 17.2 Å². The molecule has 4 aliphatic heterocycles. The van der Waals surface area contributed by atoms with Crippen molar-refractivity contribution in [1.29, 1.82) is 5.41 Å². The van der Waals surface area contributed by atoms with Crippen molar-refractivity contribution in [1.82, 2.24) is 0 Å². The first kappa shape index (κ1) is 35.6. The monoisotopic (exact) mass is 732 g/mol. The fourth-order valence-corrected chi connectivity index (χ4v) is 6.74. The first-order valence-corrected chi connectivity index (χ1v) is 14.5. The van der Waals surface area contributed by atoms with Crippen molar-refractivity contribution in [2.24, 2.45) is 11.8 Å². The van der Waals surface area contributed by atoms with Crippen molar-refractivity contribution >= 4 is 19.6 Å². The maximum absolute atomic E-state index is 13.4. The molecule has 5 aliphatic rings. The molecule has 47 heavy (non-hydrogen) atoms. The van der Waals surface area contributed by atoms with Crippen LogP contribution in [0.5, 0.6) is 28.7 Å². The predicted octanol–water partition coefficient (Wildman–Crippen LogP) is 0.984. The van der Waals surface area contributed by atoms with Crippen molar-refractivity contribution in [3.63, 3.8) is 0 Å². The molecule has 17 heteroatoms. The number of nitrogens with one attached hydrogen (secondary N) is 1. The molecule has 0 saturated carbocycles. The molecule has 1 unspecified atom stereocenters. The number of ether oxygens (including phenoxy) is 9. The Morgan fingerprint density at radius 2 is 1.57 bits per heavy atom. The number of carbonyl (C=O) groups is 1. The number of phenols is 1. The van der Waals surface area contributed by atoms with E-state index in [1.165, 1.54) is 14.2 Å². The van der Waals surface area contributed by atoms with Gasteiger partial charge in [-0.15, -0.1) is 0 Å². The number of esters is 1. The predicted molar refractivity (Wildman–Crippen MR) is 154 cm³/mol. The van der Waals surface area contributed by atoms with Crippen LogP contribution in [0.15, 0.2) is 24.3 Å². The molecule has 3 radical (unpaired) electrons. The Morgan fingerprint density at radius 1 is 0.957 bits per heavy atom. The summed E-state index contributed by atoms with van der Waals surface area (Å²) < 4.78 is 51.5. The molecule has 3 fully saturated rings. The average molecular weight is 732 g/mol. The number of cyclic esters (lactones) is 1. The summed E-state index contributed by atoms with van der Waals surface area (Å²) in [6, 6.07) is 6.93. The standard InChI is InChI=1S/C29H32O13.CH2BNO.Y/c1-11-36-9-20-27(40-11)24(31)25(32)29(41-20)42-26-14-7-17-16(38-10-39-17)6-13(14)21(22-15(26)8-37-28(22)33)12-4-18(34-2)23(30)19(5-12)35-3;2-1(3)4;/h4-7,11,15,20-22,24-27,29-32H,8-10H2,1-3H3;(H2,3,4);/t11-,15+,20-,21-,22+,24-,25-,26-,27-,29?;;/m1../s1. The van der Waals surface area contributed by atoms with Gasteiger partial charge >= 0.3 is 5.97 Å².